The van der Waals surface area contributed by atoms with Crippen molar-refractivity contribution in [3.05, 3.63) is 34.5 Å². The smallest absolute Gasteiger partial charge is 0.284 e. The maximum atomic E-state index is 11.4. The SMILES string of the molecule is C=CCNC(=O)c1ccc(C(=O)NO)s1. The maximum absolute atomic E-state index is 11.4. The Hall–Kier alpha value is -1.66. The Kier molecular flexibility index (Phi) is 4.02. The molecule has 0 bridgehead atoms. The number of carbonyl (C=O) groups is 2. The Morgan fingerprint density at radius 3 is 2.53 bits per heavy atom. The summed E-state index contributed by atoms with van der Waals surface area (Å²) in [5.41, 5.74) is 1.50. The first kappa shape index (κ1) is 11.4. The van der Waals surface area contributed by atoms with E-state index < -0.39 is 5.91 Å². The molecule has 0 aliphatic carbocycles. The van der Waals surface area contributed by atoms with Gasteiger partial charge in [0.25, 0.3) is 11.8 Å². The van der Waals surface area contributed by atoms with Gasteiger partial charge in [0.05, 0.1) is 9.75 Å². The van der Waals surface area contributed by atoms with E-state index in [9.17, 15) is 9.59 Å². The van der Waals surface area contributed by atoms with E-state index >= 15 is 0 Å². The van der Waals surface area contributed by atoms with Crippen LogP contribution in [0.2, 0.25) is 0 Å². The van der Waals surface area contributed by atoms with E-state index in [1.807, 2.05) is 0 Å². The lowest BCUT2D eigenvalue weighted by atomic mass is 10.4. The number of rotatable bonds is 4. The van der Waals surface area contributed by atoms with Crippen molar-refractivity contribution < 1.29 is 14.8 Å². The molecule has 1 aromatic rings. The fourth-order valence-electron chi connectivity index (χ4n) is 0.889. The molecule has 0 aliphatic heterocycles. The average molecular weight is 226 g/mol. The summed E-state index contributed by atoms with van der Waals surface area (Å²) < 4.78 is 0. The van der Waals surface area contributed by atoms with Crippen molar-refractivity contribution in [2.75, 3.05) is 6.54 Å². The van der Waals surface area contributed by atoms with Gasteiger partial charge in [-0.05, 0) is 12.1 Å². The molecule has 1 aromatic heterocycles. The topological polar surface area (TPSA) is 78.4 Å². The number of hydrogen-bond donors (Lipinski definition) is 3. The van der Waals surface area contributed by atoms with Gasteiger partial charge >= 0.3 is 0 Å². The minimum absolute atomic E-state index is 0.267. The normalized spacial score (nSPS) is 9.40. The van der Waals surface area contributed by atoms with Gasteiger partial charge in [0, 0.05) is 6.54 Å². The van der Waals surface area contributed by atoms with Crippen molar-refractivity contribution in [1.82, 2.24) is 10.8 Å². The molecule has 0 unspecified atom stereocenters. The van der Waals surface area contributed by atoms with E-state index in [1.165, 1.54) is 17.6 Å². The van der Waals surface area contributed by atoms with Crippen LogP contribution in [0.1, 0.15) is 19.3 Å². The number of amides is 2. The monoisotopic (exact) mass is 226 g/mol. The predicted molar refractivity (Wildman–Crippen MR) is 56.1 cm³/mol. The predicted octanol–water partition coefficient (Wildman–Crippen LogP) is 0.783. The molecule has 6 heteroatoms. The molecular weight excluding hydrogens is 216 g/mol. The summed E-state index contributed by atoms with van der Waals surface area (Å²) in [5, 5.41) is 10.9. The lowest BCUT2D eigenvalue weighted by Gasteiger charge is -1.97. The van der Waals surface area contributed by atoms with Gasteiger partial charge in [-0.25, -0.2) is 5.48 Å². The Morgan fingerprint density at radius 2 is 2.00 bits per heavy atom. The van der Waals surface area contributed by atoms with Gasteiger partial charge in [-0.2, -0.15) is 0 Å². The molecule has 5 nitrogen and oxygen atoms in total. The van der Waals surface area contributed by atoms with Crippen LogP contribution < -0.4 is 10.8 Å². The van der Waals surface area contributed by atoms with Crippen LogP contribution in [0.15, 0.2) is 24.8 Å². The van der Waals surface area contributed by atoms with Gasteiger partial charge in [-0.1, -0.05) is 6.08 Å². The molecule has 80 valence electrons. The second-order valence-corrected chi connectivity index (χ2v) is 3.69. The zero-order valence-corrected chi connectivity index (χ0v) is 8.63. The Labute approximate surface area is 90.4 Å². The molecule has 0 atom stereocenters. The van der Waals surface area contributed by atoms with Gasteiger partial charge in [0.15, 0.2) is 0 Å². The van der Waals surface area contributed by atoms with E-state index in [-0.39, 0.29) is 10.8 Å². The quantitative estimate of drug-likeness (QED) is 0.403. The summed E-state index contributed by atoms with van der Waals surface area (Å²) in [6.45, 7) is 3.84. The first-order valence-corrected chi connectivity index (χ1v) is 4.94. The Morgan fingerprint density at radius 1 is 1.40 bits per heavy atom. The van der Waals surface area contributed by atoms with Crippen LogP contribution in [-0.2, 0) is 0 Å². The summed E-state index contributed by atoms with van der Waals surface area (Å²) >= 11 is 1.01. The van der Waals surface area contributed by atoms with Gasteiger partial charge in [-0.3, -0.25) is 14.8 Å². The largest absolute Gasteiger partial charge is 0.348 e. The van der Waals surface area contributed by atoms with Crippen LogP contribution in [0, 0.1) is 0 Å². The van der Waals surface area contributed by atoms with Crippen LogP contribution >= 0.6 is 11.3 Å². The summed E-state index contributed by atoms with van der Waals surface area (Å²) in [6, 6.07) is 2.99. The molecule has 1 heterocycles. The Balaban J connectivity index is 2.71. The number of nitrogens with one attached hydrogen (secondary N) is 2. The average Bonchev–Trinajstić information content (AvgIpc) is 2.74. The number of hydroxylamine groups is 1. The van der Waals surface area contributed by atoms with Crippen molar-refractivity contribution in [2.24, 2.45) is 0 Å². The zero-order valence-electron chi connectivity index (χ0n) is 7.82. The molecule has 15 heavy (non-hydrogen) atoms. The molecular formula is C9H10N2O3S. The van der Waals surface area contributed by atoms with Gasteiger partial charge in [0.2, 0.25) is 0 Å². The lowest BCUT2D eigenvalue weighted by Crippen LogP contribution is -2.22. The van der Waals surface area contributed by atoms with Gasteiger partial charge in [-0.15, -0.1) is 17.9 Å². The molecule has 0 fully saturated rings. The van der Waals surface area contributed by atoms with Crippen LogP contribution in [0.3, 0.4) is 0 Å². The zero-order chi connectivity index (χ0) is 11.3. The highest BCUT2D eigenvalue weighted by Crippen LogP contribution is 2.15. The van der Waals surface area contributed by atoms with Crippen molar-refractivity contribution in [3.63, 3.8) is 0 Å². The van der Waals surface area contributed by atoms with E-state index in [2.05, 4.69) is 11.9 Å². The second kappa shape index (κ2) is 5.28. The maximum Gasteiger partial charge on any atom is 0.284 e. The Bertz CT molecular complexity index is 386. The molecule has 0 spiro atoms. The fourth-order valence-corrected chi connectivity index (χ4v) is 1.70. The molecule has 0 saturated carbocycles. The van der Waals surface area contributed by atoms with Gasteiger partial charge < -0.3 is 5.32 Å². The highest BCUT2D eigenvalue weighted by Gasteiger charge is 2.12. The standard InChI is InChI=1S/C9H10N2O3S/c1-2-5-10-8(12)6-3-4-7(15-6)9(13)11-14/h2-4,14H,1,5H2,(H,10,12)(H,11,13). The van der Waals surface area contributed by atoms with E-state index in [1.54, 1.807) is 6.08 Å². The lowest BCUT2D eigenvalue weighted by molar-refractivity contribution is 0.0711. The highest BCUT2D eigenvalue weighted by molar-refractivity contribution is 7.15. The fraction of sp³-hybridized carbons (Fsp3) is 0.111. The molecule has 0 saturated heterocycles. The highest BCUT2D eigenvalue weighted by atomic mass is 32.1. The van der Waals surface area contributed by atoms with Crippen molar-refractivity contribution >= 4 is 23.2 Å². The van der Waals surface area contributed by atoms with Crippen molar-refractivity contribution in [3.8, 4) is 0 Å². The molecule has 0 aromatic carbocycles. The summed E-state index contributed by atoms with van der Waals surface area (Å²) in [6.07, 6.45) is 1.56. The third-order valence-electron chi connectivity index (χ3n) is 1.56. The molecule has 1 rings (SSSR count). The van der Waals surface area contributed by atoms with Gasteiger partial charge in [0.1, 0.15) is 0 Å². The number of thiophene rings is 1. The third kappa shape index (κ3) is 2.90. The van der Waals surface area contributed by atoms with E-state index in [0.717, 1.165) is 11.3 Å². The van der Waals surface area contributed by atoms with Crippen LogP contribution in [0.5, 0.6) is 0 Å². The molecule has 3 N–H and O–H groups in total. The first-order valence-electron chi connectivity index (χ1n) is 4.12. The second-order valence-electron chi connectivity index (χ2n) is 2.60. The summed E-state index contributed by atoms with van der Waals surface area (Å²) in [5.74, 6) is -0.889. The third-order valence-corrected chi connectivity index (χ3v) is 2.64. The van der Waals surface area contributed by atoms with Crippen molar-refractivity contribution in [1.29, 1.82) is 0 Å². The van der Waals surface area contributed by atoms with Crippen LogP contribution in [0.25, 0.3) is 0 Å². The molecule has 0 aliphatic rings. The van der Waals surface area contributed by atoms with Crippen molar-refractivity contribution in [2.45, 2.75) is 0 Å². The minimum Gasteiger partial charge on any atom is -0.348 e. The minimum atomic E-state index is -0.622. The van der Waals surface area contributed by atoms with E-state index in [4.69, 9.17) is 5.21 Å². The van der Waals surface area contributed by atoms with E-state index in [0.29, 0.717) is 11.4 Å². The molecule has 0 radical (unpaired) electrons. The summed E-state index contributed by atoms with van der Waals surface area (Å²) in [7, 11) is 0. The molecule has 2 amide bonds. The number of carbonyl (C=O) groups excluding carboxylic acids is 2. The summed E-state index contributed by atoms with van der Waals surface area (Å²) in [4.78, 5) is 23.0. The number of hydrogen-bond acceptors (Lipinski definition) is 4. The first-order chi connectivity index (χ1) is 7.19. The van der Waals surface area contributed by atoms with Crippen LogP contribution in [-0.4, -0.2) is 23.6 Å². The van der Waals surface area contributed by atoms with Crippen LogP contribution in [0.4, 0.5) is 0 Å².